The fourth-order valence-electron chi connectivity index (χ4n) is 0.884. The standard InChI is InChI=1S/C6H19NSi2/c1-6-9(4,5)7-8(2)3/h7-8H,6H2,1-5H3. The van der Waals surface area contributed by atoms with Gasteiger partial charge in [0.15, 0.2) is 0 Å². The Labute approximate surface area is 61.6 Å². The Bertz CT molecular complexity index is 81.1. The van der Waals surface area contributed by atoms with Crippen LogP contribution in [-0.4, -0.2) is 17.2 Å². The summed E-state index contributed by atoms with van der Waals surface area (Å²) >= 11 is 0. The first kappa shape index (κ1) is 9.39. The maximum atomic E-state index is 3.75. The zero-order chi connectivity index (χ0) is 7.49. The monoisotopic (exact) mass is 161 g/mol. The molecule has 0 aliphatic carbocycles. The summed E-state index contributed by atoms with van der Waals surface area (Å²) in [4.78, 5) is 0. The van der Waals surface area contributed by atoms with E-state index in [0.717, 1.165) is 0 Å². The van der Waals surface area contributed by atoms with Crippen molar-refractivity contribution < 1.29 is 0 Å². The minimum Gasteiger partial charge on any atom is -0.362 e. The normalized spacial score (nSPS) is 12.7. The molecular weight excluding hydrogens is 142 g/mol. The summed E-state index contributed by atoms with van der Waals surface area (Å²) in [6.07, 6.45) is 0. The smallest absolute Gasteiger partial charge is 0.112 e. The summed E-state index contributed by atoms with van der Waals surface area (Å²) in [7, 11) is -1.43. The van der Waals surface area contributed by atoms with Crippen molar-refractivity contribution in [3.63, 3.8) is 0 Å². The van der Waals surface area contributed by atoms with Gasteiger partial charge < -0.3 is 4.65 Å². The zero-order valence-electron chi connectivity index (χ0n) is 7.28. The molecule has 0 saturated heterocycles. The van der Waals surface area contributed by atoms with Gasteiger partial charge in [0.05, 0.1) is 8.96 Å². The van der Waals surface area contributed by atoms with Crippen LogP contribution in [0.1, 0.15) is 6.92 Å². The van der Waals surface area contributed by atoms with E-state index in [1.165, 1.54) is 6.04 Å². The van der Waals surface area contributed by atoms with Crippen LogP contribution in [0.2, 0.25) is 32.2 Å². The molecule has 0 aromatic heterocycles. The summed E-state index contributed by atoms with van der Waals surface area (Å²) in [6.45, 7) is 11.8. The molecular formula is C6H19NSi2. The van der Waals surface area contributed by atoms with E-state index in [4.69, 9.17) is 0 Å². The van der Waals surface area contributed by atoms with Crippen molar-refractivity contribution in [1.82, 2.24) is 4.65 Å². The number of hydrogen-bond donors (Lipinski definition) is 1. The third kappa shape index (κ3) is 4.87. The molecule has 9 heavy (non-hydrogen) atoms. The lowest BCUT2D eigenvalue weighted by molar-refractivity contribution is 1.24. The molecule has 56 valence electrons. The largest absolute Gasteiger partial charge is 0.362 e. The minimum absolute atomic E-state index is 0.501. The maximum Gasteiger partial charge on any atom is 0.112 e. The quantitative estimate of drug-likeness (QED) is 0.622. The molecule has 0 heterocycles. The summed E-state index contributed by atoms with van der Waals surface area (Å²) < 4.78 is 3.75. The summed E-state index contributed by atoms with van der Waals surface area (Å²) in [6, 6.07) is 1.36. The summed E-state index contributed by atoms with van der Waals surface area (Å²) in [5.41, 5.74) is 0. The van der Waals surface area contributed by atoms with E-state index in [1.807, 2.05) is 0 Å². The van der Waals surface area contributed by atoms with Crippen molar-refractivity contribution in [3.8, 4) is 0 Å². The summed E-state index contributed by atoms with van der Waals surface area (Å²) in [5.74, 6) is 0. The Kier molecular flexibility index (Phi) is 3.69. The lowest BCUT2D eigenvalue weighted by Gasteiger charge is -2.24. The molecule has 0 fully saturated rings. The van der Waals surface area contributed by atoms with Gasteiger partial charge in [-0.05, 0) is 6.04 Å². The van der Waals surface area contributed by atoms with Gasteiger partial charge in [-0.2, -0.15) is 0 Å². The van der Waals surface area contributed by atoms with Crippen LogP contribution in [0.15, 0.2) is 0 Å². The molecule has 0 radical (unpaired) electrons. The Hall–Kier alpha value is 0.394. The van der Waals surface area contributed by atoms with Gasteiger partial charge in [-0.1, -0.05) is 33.1 Å². The highest BCUT2D eigenvalue weighted by molar-refractivity contribution is 6.83. The van der Waals surface area contributed by atoms with E-state index in [9.17, 15) is 0 Å². The van der Waals surface area contributed by atoms with Crippen LogP contribution in [0.3, 0.4) is 0 Å². The van der Waals surface area contributed by atoms with Crippen LogP contribution in [-0.2, 0) is 0 Å². The lowest BCUT2D eigenvalue weighted by Crippen LogP contribution is -2.49. The molecule has 0 rings (SSSR count). The van der Waals surface area contributed by atoms with E-state index in [-0.39, 0.29) is 0 Å². The molecule has 0 bridgehead atoms. The first-order valence-electron chi connectivity index (χ1n) is 3.75. The van der Waals surface area contributed by atoms with Crippen molar-refractivity contribution in [1.29, 1.82) is 0 Å². The minimum atomic E-state index is -0.929. The number of hydrogen-bond acceptors (Lipinski definition) is 1. The fraction of sp³-hybridized carbons (Fsp3) is 1.00. The molecule has 0 spiro atoms. The zero-order valence-corrected chi connectivity index (χ0v) is 9.44. The van der Waals surface area contributed by atoms with Crippen LogP contribution in [0.25, 0.3) is 0 Å². The van der Waals surface area contributed by atoms with Crippen molar-refractivity contribution in [2.24, 2.45) is 0 Å². The second-order valence-electron chi connectivity index (χ2n) is 3.54. The molecule has 1 nitrogen and oxygen atoms in total. The second kappa shape index (κ2) is 3.53. The van der Waals surface area contributed by atoms with Gasteiger partial charge >= 0.3 is 0 Å². The lowest BCUT2D eigenvalue weighted by atomic mass is 11.0. The molecule has 0 unspecified atom stereocenters. The van der Waals surface area contributed by atoms with Gasteiger partial charge in [0.1, 0.15) is 8.24 Å². The van der Waals surface area contributed by atoms with Crippen molar-refractivity contribution in [2.75, 3.05) is 0 Å². The van der Waals surface area contributed by atoms with Gasteiger partial charge in [-0.25, -0.2) is 0 Å². The molecule has 1 N–H and O–H groups in total. The summed E-state index contributed by atoms with van der Waals surface area (Å²) in [5, 5.41) is 0. The van der Waals surface area contributed by atoms with Crippen LogP contribution >= 0.6 is 0 Å². The van der Waals surface area contributed by atoms with E-state index < -0.39 is 17.2 Å². The number of nitrogens with one attached hydrogen (secondary N) is 1. The highest BCUT2D eigenvalue weighted by Gasteiger charge is 2.17. The average molecular weight is 161 g/mol. The van der Waals surface area contributed by atoms with Gasteiger partial charge in [0.2, 0.25) is 0 Å². The topological polar surface area (TPSA) is 12.0 Å². The van der Waals surface area contributed by atoms with Gasteiger partial charge in [0, 0.05) is 0 Å². The Morgan fingerprint density at radius 1 is 1.33 bits per heavy atom. The second-order valence-corrected chi connectivity index (χ2v) is 11.5. The van der Waals surface area contributed by atoms with E-state index in [0.29, 0.717) is 0 Å². The SMILES string of the molecule is CC[Si](C)(C)N[SiH](C)C. The van der Waals surface area contributed by atoms with Gasteiger partial charge in [0.25, 0.3) is 0 Å². The Balaban J connectivity index is 3.58. The molecule has 0 amide bonds. The Morgan fingerprint density at radius 2 is 1.78 bits per heavy atom. The van der Waals surface area contributed by atoms with Crippen molar-refractivity contribution in [2.45, 2.75) is 39.2 Å². The van der Waals surface area contributed by atoms with Crippen LogP contribution in [0, 0.1) is 0 Å². The van der Waals surface area contributed by atoms with Crippen molar-refractivity contribution >= 4 is 17.2 Å². The third-order valence-electron chi connectivity index (χ3n) is 1.56. The number of rotatable bonds is 3. The Morgan fingerprint density at radius 3 is 1.89 bits per heavy atom. The van der Waals surface area contributed by atoms with Crippen LogP contribution < -0.4 is 4.65 Å². The predicted molar refractivity (Wildman–Crippen MR) is 50.0 cm³/mol. The molecule has 0 aromatic rings. The van der Waals surface area contributed by atoms with E-state index >= 15 is 0 Å². The molecule has 0 saturated carbocycles. The molecule has 0 aliphatic heterocycles. The van der Waals surface area contributed by atoms with E-state index in [1.54, 1.807) is 0 Å². The maximum absolute atomic E-state index is 3.75. The predicted octanol–water partition coefficient (Wildman–Crippen LogP) is 1.78. The van der Waals surface area contributed by atoms with Crippen LogP contribution in [0.5, 0.6) is 0 Å². The van der Waals surface area contributed by atoms with Crippen molar-refractivity contribution in [3.05, 3.63) is 0 Å². The van der Waals surface area contributed by atoms with E-state index in [2.05, 4.69) is 37.8 Å². The highest BCUT2D eigenvalue weighted by Crippen LogP contribution is 2.03. The van der Waals surface area contributed by atoms with Crippen LogP contribution in [0.4, 0.5) is 0 Å². The molecule has 0 aromatic carbocycles. The van der Waals surface area contributed by atoms with Gasteiger partial charge in [-0.15, -0.1) is 0 Å². The van der Waals surface area contributed by atoms with Gasteiger partial charge in [-0.3, -0.25) is 0 Å². The average Bonchev–Trinajstić information content (AvgIpc) is 1.63. The molecule has 0 atom stereocenters. The first-order valence-corrected chi connectivity index (χ1v) is 9.85. The molecule has 3 heteroatoms. The molecule has 0 aliphatic rings. The highest BCUT2D eigenvalue weighted by atomic mass is 28.4. The fourth-order valence-corrected chi connectivity index (χ4v) is 7.95. The first-order chi connectivity index (χ1) is 3.98. The third-order valence-corrected chi connectivity index (χ3v) is 8.77.